The Balaban J connectivity index is 1.26. The van der Waals surface area contributed by atoms with Crippen LogP contribution >= 0.6 is 0 Å². The van der Waals surface area contributed by atoms with Gasteiger partial charge in [-0.1, -0.05) is 12.2 Å². The van der Waals surface area contributed by atoms with Crippen molar-refractivity contribution < 1.29 is 57.2 Å². The van der Waals surface area contributed by atoms with Crippen molar-refractivity contribution >= 4 is 45.7 Å². The maximum atomic E-state index is 13.7. The number of carbonyl (C=O) groups excluding carboxylic acids is 4. The van der Waals surface area contributed by atoms with Crippen LogP contribution in [0.1, 0.15) is 200 Å². The van der Waals surface area contributed by atoms with Crippen LogP contribution < -0.4 is 20.1 Å². The summed E-state index contributed by atoms with van der Waals surface area (Å²) < 4.78 is 35.4. The van der Waals surface area contributed by atoms with Crippen molar-refractivity contribution in [2.75, 3.05) is 27.4 Å². The molecule has 2 aromatic heterocycles. The summed E-state index contributed by atoms with van der Waals surface area (Å²) in [7, 11) is 3.05. The van der Waals surface area contributed by atoms with Gasteiger partial charge in [-0.2, -0.15) is 10.5 Å². The number of carbonyl (C=O) groups is 4. The van der Waals surface area contributed by atoms with Gasteiger partial charge in [-0.05, 0) is 180 Å². The number of hydrogen-bond donors (Lipinski definition) is 4. The highest BCUT2D eigenvalue weighted by molar-refractivity contribution is 6.07. The van der Waals surface area contributed by atoms with Crippen molar-refractivity contribution in [3.8, 4) is 23.6 Å². The summed E-state index contributed by atoms with van der Waals surface area (Å²) in [6.45, 7) is 11.4. The molecule has 2 amide bonds. The molecular weight excluding hydrogens is 969 g/mol. The molecule has 76 heavy (non-hydrogen) atoms. The predicted molar refractivity (Wildman–Crippen MR) is 292 cm³/mol. The van der Waals surface area contributed by atoms with E-state index in [0.29, 0.717) is 133 Å². The van der Waals surface area contributed by atoms with Crippen LogP contribution in [0.2, 0.25) is 0 Å². The van der Waals surface area contributed by atoms with Gasteiger partial charge in [0.15, 0.2) is 22.7 Å². The number of hydrogen-bond acceptors (Lipinski definition) is 14. The molecule has 0 fully saturated rings. The average Bonchev–Trinajstić information content (AvgIpc) is 3.92. The lowest BCUT2D eigenvalue weighted by molar-refractivity contribution is -0.122. The van der Waals surface area contributed by atoms with Crippen LogP contribution in [0.4, 0.5) is 0 Å². The molecule has 2 heterocycles. The van der Waals surface area contributed by atoms with Crippen LogP contribution in [0.3, 0.4) is 0 Å². The van der Waals surface area contributed by atoms with Crippen LogP contribution in [-0.2, 0) is 44.7 Å². The number of rotatable bonds is 36. The van der Waals surface area contributed by atoms with Crippen LogP contribution in [-0.4, -0.2) is 84.7 Å². The minimum absolute atomic E-state index is 0.0366. The van der Waals surface area contributed by atoms with Gasteiger partial charge >= 0.3 is 11.9 Å². The fraction of sp³-hybridized carbons (Fsp3) is 0.600. The lowest BCUT2D eigenvalue weighted by atomic mass is 9.99. The van der Waals surface area contributed by atoms with E-state index in [9.17, 15) is 39.9 Å². The Morgan fingerprint density at radius 3 is 1.36 bits per heavy atom. The number of esters is 2. The van der Waals surface area contributed by atoms with Gasteiger partial charge in [0.25, 0.3) is 0 Å². The molecule has 416 valence electrons. The Kier molecular flexibility index (Phi) is 25.9. The van der Waals surface area contributed by atoms with Crippen LogP contribution in [0.25, 0.3) is 21.9 Å². The topological polar surface area (TPSA) is 244 Å². The zero-order valence-corrected chi connectivity index (χ0v) is 46.5. The molecule has 0 aliphatic heterocycles. The number of methoxy groups -OCH3 is 2. The van der Waals surface area contributed by atoms with Crippen molar-refractivity contribution in [2.24, 2.45) is 0 Å². The largest absolute Gasteiger partial charge is 0.493 e. The molecule has 16 nitrogen and oxygen atoms in total. The molecule has 0 aliphatic carbocycles. The second-order valence-electron chi connectivity index (χ2n) is 21.3. The molecule has 0 bridgehead atoms. The molecular formula is C60H84N4O12. The van der Waals surface area contributed by atoms with E-state index in [1.807, 2.05) is 38.1 Å². The van der Waals surface area contributed by atoms with E-state index in [-0.39, 0.29) is 50.0 Å². The number of aliphatic hydroxyl groups is 2. The van der Waals surface area contributed by atoms with Crippen molar-refractivity contribution in [2.45, 2.75) is 206 Å². The van der Waals surface area contributed by atoms with Crippen LogP contribution in [0.5, 0.6) is 11.5 Å². The third-order valence-electron chi connectivity index (χ3n) is 13.1. The summed E-state index contributed by atoms with van der Waals surface area (Å²) in [5.41, 5.74) is 1.55. The number of aryl methyl sites for hydroxylation is 4. The highest BCUT2D eigenvalue weighted by Crippen LogP contribution is 2.38. The number of ether oxygens (including phenoxy) is 4. The van der Waals surface area contributed by atoms with Crippen molar-refractivity contribution in [1.82, 2.24) is 10.6 Å². The number of nitrogens with zero attached hydrogens (tertiary/aromatic N) is 2. The van der Waals surface area contributed by atoms with E-state index >= 15 is 0 Å². The average molecular weight is 1050 g/mol. The lowest BCUT2D eigenvalue weighted by Crippen LogP contribution is -2.33. The third kappa shape index (κ3) is 21.3. The number of allylic oxidation sites excluding steroid dienone is 2. The van der Waals surface area contributed by atoms with Crippen LogP contribution in [0.15, 0.2) is 45.3 Å². The van der Waals surface area contributed by atoms with Crippen molar-refractivity contribution in [1.29, 1.82) is 10.5 Å². The molecule has 0 saturated heterocycles. The highest BCUT2D eigenvalue weighted by Gasteiger charge is 2.27. The summed E-state index contributed by atoms with van der Waals surface area (Å²) in [4.78, 5) is 53.2. The first-order valence-corrected chi connectivity index (χ1v) is 27.3. The highest BCUT2D eigenvalue weighted by atomic mass is 16.5. The lowest BCUT2D eigenvalue weighted by Gasteiger charge is -2.19. The molecule has 4 aromatic rings. The first kappa shape index (κ1) is 62.2. The van der Waals surface area contributed by atoms with Gasteiger partial charge in [0, 0.05) is 61.4 Å². The second-order valence-corrected chi connectivity index (χ2v) is 21.3. The number of nitrogens with one attached hydrogen (secondary N) is 2. The Labute approximate surface area is 449 Å². The standard InChI is InChI=1S/C60H84N4O12/c1-41(23-21-31-59(3,4)69)63-51(65)29-27-43-37-45-53(47(25-15-17-33-61)75-55(45)49(39-43)71-7)57(67)73-35-19-13-11-9-10-12-14-20-36-74-58(68)54-46-38-44(28-30-52(66)64-42(2)24-22-32-60(5,6)70)40-50(72-8)56(46)76-48(54)26-16-18-34-62/h9-10,37-42,69-70H,11-32,35-36H2,1-8H3,(H,63,65)(H,64,66)/b10-9+. The maximum Gasteiger partial charge on any atom is 0.342 e. The van der Waals surface area contributed by atoms with E-state index in [4.69, 9.17) is 27.8 Å². The first-order valence-electron chi connectivity index (χ1n) is 27.3. The van der Waals surface area contributed by atoms with Gasteiger partial charge in [-0.3, -0.25) is 9.59 Å². The first-order chi connectivity index (χ1) is 36.3. The quantitative estimate of drug-likeness (QED) is 0.0188. The van der Waals surface area contributed by atoms with Gasteiger partial charge < -0.3 is 48.6 Å². The number of amides is 2. The molecule has 2 unspecified atom stereocenters. The van der Waals surface area contributed by atoms with Crippen molar-refractivity contribution in [3.63, 3.8) is 0 Å². The zero-order chi connectivity index (χ0) is 55.7. The SMILES string of the molecule is COc1cc(CCC(=O)NC(C)CCCC(C)(C)O)cc2c(C(=O)OCCCC/C=C/CCCCOC(=O)c3c(CCCC#N)oc4c(OC)cc(CCC(=O)NC(C)CCCC(C)(C)O)cc34)c(CCCC#N)oc12. The summed E-state index contributed by atoms with van der Waals surface area (Å²) in [5, 5.41) is 45.6. The molecule has 0 aliphatic rings. The summed E-state index contributed by atoms with van der Waals surface area (Å²) in [6.07, 6.45) is 16.6. The fourth-order valence-corrected chi connectivity index (χ4v) is 9.07. The minimum Gasteiger partial charge on any atom is -0.493 e. The van der Waals surface area contributed by atoms with E-state index in [1.54, 1.807) is 27.7 Å². The van der Waals surface area contributed by atoms with E-state index in [1.165, 1.54) is 14.2 Å². The Bertz CT molecular complexity index is 2440. The number of furan rings is 2. The molecule has 4 N–H and O–H groups in total. The number of nitriles is 2. The third-order valence-corrected chi connectivity index (χ3v) is 13.1. The second kappa shape index (κ2) is 31.6. The maximum absolute atomic E-state index is 13.7. The molecule has 4 rings (SSSR count). The molecule has 0 radical (unpaired) electrons. The molecule has 2 aromatic carbocycles. The molecule has 0 saturated carbocycles. The fourth-order valence-electron chi connectivity index (χ4n) is 9.07. The van der Waals surface area contributed by atoms with Gasteiger partial charge in [0.05, 0.1) is 50.8 Å². The molecule has 2 atom stereocenters. The van der Waals surface area contributed by atoms with Gasteiger partial charge in [0.2, 0.25) is 11.8 Å². The zero-order valence-electron chi connectivity index (χ0n) is 46.5. The smallest absolute Gasteiger partial charge is 0.342 e. The molecule has 16 heteroatoms. The summed E-state index contributed by atoms with van der Waals surface area (Å²) in [6, 6.07) is 11.6. The van der Waals surface area contributed by atoms with Crippen LogP contribution in [0, 0.1) is 22.7 Å². The van der Waals surface area contributed by atoms with Gasteiger partial charge in [-0.15, -0.1) is 0 Å². The normalized spacial score (nSPS) is 12.6. The van der Waals surface area contributed by atoms with Crippen molar-refractivity contribution in [3.05, 3.63) is 70.2 Å². The van der Waals surface area contributed by atoms with Gasteiger partial charge in [-0.25, -0.2) is 9.59 Å². The summed E-state index contributed by atoms with van der Waals surface area (Å²) in [5.74, 6) is 0.520. The van der Waals surface area contributed by atoms with E-state index < -0.39 is 23.1 Å². The predicted octanol–water partition coefficient (Wildman–Crippen LogP) is 11.6. The Hall–Kier alpha value is -6.36. The number of fused-ring (bicyclic) bond motifs is 2. The Morgan fingerprint density at radius 1 is 0.605 bits per heavy atom. The molecule has 0 spiro atoms. The monoisotopic (exact) mass is 1050 g/mol. The van der Waals surface area contributed by atoms with E-state index in [2.05, 4.69) is 34.9 Å². The summed E-state index contributed by atoms with van der Waals surface area (Å²) >= 11 is 0. The Morgan fingerprint density at radius 2 is 1.00 bits per heavy atom. The van der Waals surface area contributed by atoms with E-state index in [0.717, 1.165) is 62.5 Å². The minimum atomic E-state index is -0.745. The number of unbranched alkanes of at least 4 members (excludes halogenated alkanes) is 6. The number of benzene rings is 2. The van der Waals surface area contributed by atoms with Gasteiger partial charge in [0.1, 0.15) is 22.6 Å².